The highest BCUT2D eigenvalue weighted by Gasteiger charge is 2.34. The summed E-state index contributed by atoms with van der Waals surface area (Å²) in [4.78, 5) is 26.4. The van der Waals surface area contributed by atoms with Crippen LogP contribution in [0.4, 0.5) is 5.13 Å². The quantitative estimate of drug-likeness (QED) is 0.195. The molecular formula is C33H41N3O4S. The molecule has 1 unspecified atom stereocenters. The molecule has 1 amide bonds. The van der Waals surface area contributed by atoms with E-state index in [-0.39, 0.29) is 6.41 Å². The molecule has 7 nitrogen and oxygen atoms in total. The van der Waals surface area contributed by atoms with Gasteiger partial charge in [-0.1, -0.05) is 47.7 Å². The molecule has 0 saturated heterocycles. The summed E-state index contributed by atoms with van der Waals surface area (Å²) in [5, 5.41) is 14.6. The highest BCUT2D eigenvalue weighted by molar-refractivity contribution is 7.22. The first-order chi connectivity index (χ1) is 19.2. The number of carboxylic acids is 1. The predicted molar refractivity (Wildman–Crippen MR) is 170 cm³/mol. The minimum atomic E-state index is -1.16. The van der Waals surface area contributed by atoms with E-state index in [1.807, 2.05) is 27.7 Å². The van der Waals surface area contributed by atoms with Crippen LogP contribution < -0.4 is 11.1 Å². The lowest BCUT2D eigenvalue weighted by molar-refractivity contribution is -0.160. The van der Waals surface area contributed by atoms with Crippen LogP contribution in [0.25, 0.3) is 32.5 Å². The molecule has 0 radical (unpaired) electrons. The van der Waals surface area contributed by atoms with E-state index < -0.39 is 17.7 Å². The van der Waals surface area contributed by atoms with E-state index in [2.05, 4.69) is 82.1 Å². The lowest BCUT2D eigenvalue weighted by Gasteiger charge is -2.28. The summed E-state index contributed by atoms with van der Waals surface area (Å²) in [7, 11) is 0. The van der Waals surface area contributed by atoms with E-state index in [1.54, 1.807) is 0 Å². The molecule has 0 aliphatic carbocycles. The normalized spacial score (nSPS) is 12.0. The summed E-state index contributed by atoms with van der Waals surface area (Å²) >= 11 is 1.50. The van der Waals surface area contributed by atoms with E-state index in [1.165, 1.54) is 28.0 Å². The molecule has 0 aliphatic heterocycles. The molecular weight excluding hydrogens is 534 g/mol. The third kappa shape index (κ3) is 6.94. The number of hydrogen-bond acceptors (Lipinski definition) is 6. The maximum absolute atomic E-state index is 12.9. The largest absolute Gasteiger partial charge is 0.479 e. The third-order valence-electron chi connectivity index (χ3n) is 7.00. The number of nitrogens with zero attached hydrogens (tertiary/aromatic N) is 1. The Bertz CT molecular complexity index is 1580. The van der Waals surface area contributed by atoms with Gasteiger partial charge in [-0.2, -0.15) is 0 Å². The number of amides is 1. The molecule has 1 heterocycles. The summed E-state index contributed by atoms with van der Waals surface area (Å²) in [5.74, 6) is -1.01. The molecule has 0 bridgehead atoms. The number of nitrogens with two attached hydrogens (primary N) is 1. The Morgan fingerprint density at radius 2 is 1.51 bits per heavy atom. The number of rotatable bonds is 7. The molecule has 8 heteroatoms. The Labute approximate surface area is 246 Å². The first kappa shape index (κ1) is 31.8. The highest BCUT2D eigenvalue weighted by atomic mass is 32.1. The second kappa shape index (κ2) is 12.8. The molecule has 4 aromatic rings. The van der Waals surface area contributed by atoms with Crippen molar-refractivity contribution in [2.75, 3.05) is 11.9 Å². The lowest BCUT2D eigenvalue weighted by atomic mass is 9.84. The van der Waals surface area contributed by atoms with Gasteiger partial charge in [0.25, 0.3) is 0 Å². The minimum Gasteiger partial charge on any atom is -0.479 e. The molecule has 1 aromatic heterocycles. The van der Waals surface area contributed by atoms with Crippen LogP contribution in [-0.2, 0) is 14.3 Å². The van der Waals surface area contributed by atoms with Crippen molar-refractivity contribution in [1.82, 2.24) is 4.98 Å². The van der Waals surface area contributed by atoms with Gasteiger partial charge in [0.2, 0.25) is 6.41 Å². The van der Waals surface area contributed by atoms with E-state index in [9.17, 15) is 9.90 Å². The van der Waals surface area contributed by atoms with Crippen molar-refractivity contribution in [1.29, 1.82) is 0 Å². The number of carboxylic acid groups (broad SMARTS) is 1. The van der Waals surface area contributed by atoms with Crippen molar-refractivity contribution in [3.63, 3.8) is 0 Å². The number of primary amides is 1. The first-order valence-electron chi connectivity index (χ1n) is 13.7. The maximum atomic E-state index is 12.9. The number of aryl methyl sites for hydroxylation is 4. The lowest BCUT2D eigenvalue weighted by Crippen LogP contribution is -2.28. The molecule has 0 aliphatic rings. The van der Waals surface area contributed by atoms with Crippen LogP contribution >= 0.6 is 11.3 Å². The summed E-state index contributed by atoms with van der Waals surface area (Å²) in [6, 6.07) is 12.8. The summed E-state index contributed by atoms with van der Waals surface area (Å²) in [5.41, 5.74) is 14.7. The number of aliphatic carboxylic acids is 1. The fraction of sp³-hybridized carbons (Fsp3) is 0.364. The average Bonchev–Trinajstić information content (AvgIpc) is 3.28. The highest BCUT2D eigenvalue weighted by Crippen LogP contribution is 2.48. The Balaban J connectivity index is 0.00000147. The van der Waals surface area contributed by atoms with Gasteiger partial charge in [0.1, 0.15) is 0 Å². The molecule has 3 aromatic carbocycles. The number of carbonyl (C=O) groups excluding carboxylic acids is 1. The van der Waals surface area contributed by atoms with Crippen LogP contribution in [0.2, 0.25) is 0 Å². The van der Waals surface area contributed by atoms with Crippen molar-refractivity contribution >= 4 is 39.1 Å². The molecule has 218 valence electrons. The van der Waals surface area contributed by atoms with Gasteiger partial charge in [-0.05, 0) is 107 Å². The Kier molecular flexibility index (Phi) is 9.94. The third-order valence-corrected chi connectivity index (χ3v) is 8.05. The topological polar surface area (TPSA) is 115 Å². The van der Waals surface area contributed by atoms with Crippen molar-refractivity contribution in [2.24, 2.45) is 5.73 Å². The Morgan fingerprint density at radius 3 is 1.95 bits per heavy atom. The zero-order chi connectivity index (χ0) is 30.6. The smallest absolute Gasteiger partial charge is 0.337 e. The average molecular weight is 576 g/mol. The second-order valence-electron chi connectivity index (χ2n) is 11.2. The van der Waals surface area contributed by atoms with Gasteiger partial charge in [0, 0.05) is 17.7 Å². The molecule has 41 heavy (non-hydrogen) atoms. The number of benzene rings is 3. The monoisotopic (exact) mass is 575 g/mol. The van der Waals surface area contributed by atoms with Crippen molar-refractivity contribution in [3.8, 4) is 22.3 Å². The number of ether oxygens (including phenoxy) is 1. The first-order valence-corrected chi connectivity index (χ1v) is 14.5. The van der Waals surface area contributed by atoms with E-state index in [0.29, 0.717) is 5.56 Å². The van der Waals surface area contributed by atoms with Crippen molar-refractivity contribution in [3.05, 3.63) is 69.8 Å². The van der Waals surface area contributed by atoms with Gasteiger partial charge in [-0.3, -0.25) is 4.79 Å². The van der Waals surface area contributed by atoms with Crippen LogP contribution in [-0.4, -0.2) is 34.6 Å². The zero-order valence-electron chi connectivity index (χ0n) is 25.4. The fourth-order valence-electron chi connectivity index (χ4n) is 4.87. The van der Waals surface area contributed by atoms with Crippen LogP contribution in [0.5, 0.6) is 0 Å². The molecule has 0 saturated carbocycles. The number of nitrogens with one attached hydrogen (secondary N) is 1. The second-order valence-corrected chi connectivity index (χ2v) is 12.2. The van der Waals surface area contributed by atoms with Crippen molar-refractivity contribution < 1.29 is 19.4 Å². The number of carbonyl (C=O) groups is 2. The van der Waals surface area contributed by atoms with Gasteiger partial charge < -0.3 is 20.9 Å². The summed E-state index contributed by atoms with van der Waals surface area (Å²) in [6.07, 6.45) is -0.906. The van der Waals surface area contributed by atoms with Gasteiger partial charge >= 0.3 is 5.97 Å². The van der Waals surface area contributed by atoms with E-state index in [4.69, 9.17) is 14.5 Å². The number of thiazole rings is 1. The fourth-order valence-corrected chi connectivity index (χ4v) is 5.98. The molecule has 4 N–H and O–H groups in total. The summed E-state index contributed by atoms with van der Waals surface area (Å²) < 4.78 is 7.11. The maximum Gasteiger partial charge on any atom is 0.337 e. The van der Waals surface area contributed by atoms with Crippen LogP contribution in [0.15, 0.2) is 36.4 Å². The summed E-state index contributed by atoms with van der Waals surface area (Å²) in [6.45, 7) is 18.9. The van der Waals surface area contributed by atoms with Gasteiger partial charge in [-0.15, -0.1) is 0 Å². The van der Waals surface area contributed by atoms with E-state index in [0.717, 1.165) is 55.3 Å². The van der Waals surface area contributed by atoms with Crippen LogP contribution in [0.3, 0.4) is 0 Å². The SMILES string of the molecule is CCNc1nc2c(-c3ccc(C)c(C)c3)c(C)c(-c3ccc(C)c(C)c3)c(C(OC(C)(C)C)C(=O)O)c2s1.NC=O. The molecule has 1 atom stereocenters. The molecule has 0 fully saturated rings. The number of fused-ring (bicyclic) bond motifs is 1. The predicted octanol–water partition coefficient (Wildman–Crippen LogP) is 7.65. The minimum absolute atomic E-state index is 0.250. The van der Waals surface area contributed by atoms with Crippen molar-refractivity contribution in [2.45, 2.75) is 74.0 Å². The number of aromatic nitrogens is 1. The Hall–Kier alpha value is -3.75. The standard InChI is InChI=1S/C32H38N2O3S.CH3NO/c1-10-33-31-34-27-25(23-14-12-18(3)20(5)16-23)21(6)24(22-13-11-17(2)19(4)15-22)26(29(27)38-31)28(30(35)36)37-32(7,8)9;2-1-3/h11-16,28H,10H2,1-9H3,(H,33,34)(H,35,36);1H,(H2,2,3). The van der Waals surface area contributed by atoms with E-state index >= 15 is 0 Å². The molecule has 4 rings (SSSR count). The van der Waals surface area contributed by atoms with Gasteiger partial charge in [0.05, 0.1) is 15.8 Å². The number of anilines is 1. The number of hydrogen-bond donors (Lipinski definition) is 3. The molecule has 0 spiro atoms. The van der Waals surface area contributed by atoms with Gasteiger partial charge in [0.15, 0.2) is 11.2 Å². The van der Waals surface area contributed by atoms with Crippen LogP contribution in [0.1, 0.15) is 67.2 Å². The zero-order valence-corrected chi connectivity index (χ0v) is 26.2. The van der Waals surface area contributed by atoms with Gasteiger partial charge in [-0.25, -0.2) is 9.78 Å². The Morgan fingerprint density at radius 1 is 1.00 bits per heavy atom. The van der Waals surface area contributed by atoms with Crippen LogP contribution in [0, 0.1) is 34.6 Å².